The second-order valence-corrected chi connectivity index (χ2v) is 7.11. The fourth-order valence-corrected chi connectivity index (χ4v) is 4.00. The average molecular weight is 348 g/mol. The summed E-state index contributed by atoms with van der Waals surface area (Å²) in [6, 6.07) is 1.20. The van der Waals surface area contributed by atoms with Crippen molar-refractivity contribution in [3.63, 3.8) is 0 Å². The molecule has 3 rings (SSSR count). The number of anilines is 1. The smallest absolute Gasteiger partial charge is 0.325 e. The van der Waals surface area contributed by atoms with Gasteiger partial charge in [0.1, 0.15) is 11.3 Å². The maximum atomic E-state index is 13.0. The average Bonchev–Trinajstić information content (AvgIpc) is 3.06. The Morgan fingerprint density at radius 1 is 1.40 bits per heavy atom. The molecule has 25 heavy (non-hydrogen) atoms. The number of aromatic nitrogens is 1. The first-order valence-corrected chi connectivity index (χ1v) is 8.72. The molecule has 1 saturated heterocycles. The topological polar surface area (TPSA) is 105 Å². The minimum atomic E-state index is -0.824. The van der Waals surface area contributed by atoms with Crippen LogP contribution in [0.1, 0.15) is 45.3 Å². The summed E-state index contributed by atoms with van der Waals surface area (Å²) in [5, 5.41) is 9.20. The van der Waals surface area contributed by atoms with E-state index in [1.165, 1.54) is 4.90 Å². The summed E-state index contributed by atoms with van der Waals surface area (Å²) in [6.07, 6.45) is 2.91. The van der Waals surface area contributed by atoms with Crippen molar-refractivity contribution in [2.45, 2.75) is 52.0 Å². The van der Waals surface area contributed by atoms with Crippen molar-refractivity contribution in [2.75, 3.05) is 11.9 Å². The third kappa shape index (κ3) is 3.01. The van der Waals surface area contributed by atoms with Gasteiger partial charge < -0.3 is 15.2 Å². The van der Waals surface area contributed by atoms with Gasteiger partial charge in [0.05, 0.1) is 0 Å². The Kier molecular flexibility index (Phi) is 4.53. The summed E-state index contributed by atoms with van der Waals surface area (Å²) in [4.78, 5) is 38.5. The number of nitrogens with one attached hydrogen (secondary N) is 2. The summed E-state index contributed by atoms with van der Waals surface area (Å²) in [6.45, 7) is 5.80. The highest BCUT2D eigenvalue weighted by molar-refractivity contribution is 6.07. The van der Waals surface area contributed by atoms with Crippen molar-refractivity contribution in [3.8, 4) is 0 Å². The second kappa shape index (κ2) is 6.50. The van der Waals surface area contributed by atoms with Crippen molar-refractivity contribution in [1.82, 2.24) is 15.4 Å². The molecule has 136 valence electrons. The van der Waals surface area contributed by atoms with E-state index in [0.29, 0.717) is 11.6 Å². The Morgan fingerprint density at radius 3 is 2.68 bits per heavy atom. The largest absolute Gasteiger partial charge is 0.360 e. The van der Waals surface area contributed by atoms with Crippen molar-refractivity contribution >= 4 is 23.7 Å². The Labute approximate surface area is 146 Å². The van der Waals surface area contributed by atoms with Crippen LogP contribution >= 0.6 is 0 Å². The fraction of sp³-hybridized carbons (Fsp3) is 0.647. The molecule has 8 heteroatoms. The van der Waals surface area contributed by atoms with Crippen molar-refractivity contribution in [1.29, 1.82) is 0 Å². The van der Waals surface area contributed by atoms with Gasteiger partial charge in [0.25, 0.3) is 5.91 Å². The summed E-state index contributed by atoms with van der Waals surface area (Å²) in [5.74, 6) is 0.563. The lowest BCUT2D eigenvalue weighted by Crippen LogP contribution is -2.58. The third-order valence-corrected chi connectivity index (χ3v) is 5.44. The van der Waals surface area contributed by atoms with Crippen molar-refractivity contribution < 1.29 is 18.9 Å². The van der Waals surface area contributed by atoms with Crippen LogP contribution in [0.15, 0.2) is 10.6 Å². The highest BCUT2D eigenvalue weighted by Crippen LogP contribution is 2.42. The highest BCUT2D eigenvalue weighted by atomic mass is 16.5. The Hall–Kier alpha value is -2.38. The number of amides is 4. The van der Waals surface area contributed by atoms with Gasteiger partial charge in [-0.3, -0.25) is 14.5 Å². The quantitative estimate of drug-likeness (QED) is 0.811. The molecule has 0 bridgehead atoms. The van der Waals surface area contributed by atoms with Gasteiger partial charge >= 0.3 is 6.03 Å². The number of aryl methyl sites for hydroxylation is 1. The number of urea groups is 1. The number of nitrogens with zero attached hydrogens (tertiary/aromatic N) is 2. The molecule has 1 aliphatic carbocycles. The SMILES string of the molecule is Cc1cc(NC(=O)CCN2C(=O)NC3(C2=O)C(C)CCCC3C)no1. The van der Waals surface area contributed by atoms with Crippen LogP contribution in [0.2, 0.25) is 0 Å². The standard InChI is InChI=1S/C17H24N4O4/c1-10-5-4-6-11(2)17(10)15(23)21(16(24)19-17)8-7-14(22)18-13-9-12(3)25-20-13/h9-11H,4-8H2,1-3H3,(H,19,24)(H,18,20,22). The zero-order valence-corrected chi connectivity index (χ0v) is 14.8. The second-order valence-electron chi connectivity index (χ2n) is 7.11. The van der Waals surface area contributed by atoms with Gasteiger partial charge in [-0.1, -0.05) is 25.4 Å². The normalized spacial score (nSPS) is 29.2. The van der Waals surface area contributed by atoms with Crippen LogP contribution in [-0.2, 0) is 9.59 Å². The van der Waals surface area contributed by atoms with Crippen LogP contribution in [0.3, 0.4) is 0 Å². The molecule has 2 unspecified atom stereocenters. The van der Waals surface area contributed by atoms with E-state index in [1.54, 1.807) is 13.0 Å². The molecule has 0 radical (unpaired) electrons. The molecule has 0 aromatic carbocycles. The van der Waals surface area contributed by atoms with E-state index in [2.05, 4.69) is 15.8 Å². The molecular formula is C17H24N4O4. The minimum absolute atomic E-state index is 0.0178. The van der Waals surface area contributed by atoms with Gasteiger partial charge in [-0.15, -0.1) is 0 Å². The van der Waals surface area contributed by atoms with E-state index in [0.717, 1.165) is 19.3 Å². The summed E-state index contributed by atoms with van der Waals surface area (Å²) < 4.78 is 4.88. The molecule has 2 N–H and O–H groups in total. The molecule has 2 fully saturated rings. The van der Waals surface area contributed by atoms with Gasteiger partial charge in [0.15, 0.2) is 5.82 Å². The lowest BCUT2D eigenvalue weighted by atomic mass is 9.67. The zero-order chi connectivity index (χ0) is 18.2. The van der Waals surface area contributed by atoms with Crippen LogP contribution in [0.4, 0.5) is 10.6 Å². The molecule has 1 spiro atoms. The molecule has 1 saturated carbocycles. The van der Waals surface area contributed by atoms with Gasteiger partial charge in [0.2, 0.25) is 5.91 Å². The van der Waals surface area contributed by atoms with E-state index in [9.17, 15) is 14.4 Å². The Bertz CT molecular complexity index is 689. The summed E-state index contributed by atoms with van der Waals surface area (Å²) in [5.41, 5.74) is -0.824. The van der Waals surface area contributed by atoms with Gasteiger partial charge in [-0.05, 0) is 31.6 Å². The van der Waals surface area contributed by atoms with Crippen LogP contribution < -0.4 is 10.6 Å². The molecule has 2 aliphatic rings. The van der Waals surface area contributed by atoms with Gasteiger partial charge in [0, 0.05) is 19.0 Å². The summed E-state index contributed by atoms with van der Waals surface area (Å²) >= 11 is 0. The number of hydrogen-bond acceptors (Lipinski definition) is 5. The van der Waals surface area contributed by atoms with Crippen LogP contribution in [-0.4, -0.2) is 40.0 Å². The number of carbonyl (C=O) groups excluding carboxylic acids is 3. The minimum Gasteiger partial charge on any atom is -0.360 e. The van der Waals surface area contributed by atoms with Gasteiger partial charge in [-0.2, -0.15) is 0 Å². The van der Waals surface area contributed by atoms with E-state index in [-0.39, 0.29) is 36.6 Å². The molecule has 1 aliphatic heterocycles. The first-order chi connectivity index (χ1) is 11.8. The highest BCUT2D eigenvalue weighted by Gasteiger charge is 2.58. The fourth-order valence-electron chi connectivity index (χ4n) is 4.00. The first kappa shape index (κ1) is 17.4. The zero-order valence-electron chi connectivity index (χ0n) is 14.8. The van der Waals surface area contributed by atoms with E-state index >= 15 is 0 Å². The van der Waals surface area contributed by atoms with E-state index < -0.39 is 11.6 Å². The molecule has 4 amide bonds. The summed E-state index contributed by atoms with van der Waals surface area (Å²) in [7, 11) is 0. The number of imide groups is 1. The predicted octanol–water partition coefficient (Wildman–Crippen LogP) is 2.06. The first-order valence-electron chi connectivity index (χ1n) is 8.72. The van der Waals surface area contributed by atoms with Crippen LogP contribution in [0.5, 0.6) is 0 Å². The molecule has 2 atom stereocenters. The van der Waals surface area contributed by atoms with Gasteiger partial charge in [-0.25, -0.2) is 4.79 Å². The Morgan fingerprint density at radius 2 is 2.08 bits per heavy atom. The third-order valence-electron chi connectivity index (χ3n) is 5.44. The number of carbonyl (C=O) groups is 3. The molecule has 1 aromatic rings. The van der Waals surface area contributed by atoms with E-state index in [4.69, 9.17) is 4.52 Å². The van der Waals surface area contributed by atoms with Crippen LogP contribution in [0, 0.1) is 18.8 Å². The molecular weight excluding hydrogens is 324 g/mol. The van der Waals surface area contributed by atoms with Crippen molar-refractivity contribution in [3.05, 3.63) is 11.8 Å². The molecule has 1 aromatic heterocycles. The number of hydrogen-bond donors (Lipinski definition) is 2. The number of rotatable bonds is 4. The lowest BCUT2D eigenvalue weighted by Gasteiger charge is -2.42. The van der Waals surface area contributed by atoms with E-state index in [1.807, 2.05) is 13.8 Å². The predicted molar refractivity (Wildman–Crippen MR) is 89.6 cm³/mol. The molecule has 8 nitrogen and oxygen atoms in total. The van der Waals surface area contributed by atoms with Crippen LogP contribution in [0.25, 0.3) is 0 Å². The Balaban J connectivity index is 1.64. The lowest BCUT2D eigenvalue weighted by molar-refractivity contribution is -0.136. The molecule has 2 heterocycles. The monoisotopic (exact) mass is 348 g/mol. The van der Waals surface area contributed by atoms with Crippen molar-refractivity contribution in [2.24, 2.45) is 11.8 Å². The maximum Gasteiger partial charge on any atom is 0.325 e. The maximum absolute atomic E-state index is 13.0.